The Balaban J connectivity index is 1.25. The molecule has 10 heteroatoms. The number of carbonyl (C=O) groups excluding carboxylic acids is 1. The number of nitrogens with one attached hydrogen (secondary N) is 1. The van der Waals surface area contributed by atoms with Crippen LogP contribution in [-0.2, 0) is 6.42 Å². The van der Waals surface area contributed by atoms with Crippen LogP contribution < -0.4 is 15.0 Å². The van der Waals surface area contributed by atoms with Crippen molar-refractivity contribution in [1.82, 2.24) is 4.98 Å². The highest BCUT2D eigenvalue weighted by Gasteiger charge is 2.49. The Morgan fingerprint density at radius 2 is 2.11 bits per heavy atom. The fourth-order valence-corrected chi connectivity index (χ4v) is 4.68. The number of amides is 1. The number of halogens is 4. The monoisotopic (exact) mass is 493 g/mol. The van der Waals surface area contributed by atoms with Gasteiger partial charge in [-0.1, -0.05) is 18.6 Å². The molecule has 0 bridgehead atoms. The number of aromatic nitrogens is 1. The normalized spacial score (nSPS) is 20.2. The maximum atomic E-state index is 14.5. The third-order valence-corrected chi connectivity index (χ3v) is 6.99. The van der Waals surface area contributed by atoms with E-state index in [0.29, 0.717) is 25.6 Å². The molecule has 1 aromatic carbocycles. The first-order chi connectivity index (χ1) is 16.6. The molecule has 3 aliphatic rings. The number of allylic oxidation sites excluding steroid dienone is 2. The van der Waals surface area contributed by atoms with Crippen LogP contribution in [0.3, 0.4) is 0 Å². The minimum atomic E-state index is -4.58. The third kappa shape index (κ3) is 5.46. The van der Waals surface area contributed by atoms with Crippen LogP contribution in [-0.4, -0.2) is 36.8 Å². The summed E-state index contributed by atoms with van der Waals surface area (Å²) < 4.78 is 64.8. The Hall–Kier alpha value is -3.04. The van der Waals surface area contributed by atoms with E-state index in [1.807, 2.05) is 0 Å². The lowest BCUT2D eigenvalue weighted by Gasteiger charge is -2.12. The standard InChI is InChI=1S/C25H27F4N3O3/c1-2-15-11-16(15)5-10-34-19-4-3-17(12-18(19)26)30-22(33)21-20(13-25(27,28)29)35-23(31-21)32-9-8-24(14-32)6-7-24/h3-4,11-12,16H,2,5-10,13-14H2,1H3,(H,30,33). The third-order valence-electron chi connectivity index (χ3n) is 6.99. The summed E-state index contributed by atoms with van der Waals surface area (Å²) in [6.07, 6.45) is 1.03. The number of benzene rings is 1. The minimum Gasteiger partial charge on any atom is -0.490 e. The summed E-state index contributed by atoms with van der Waals surface area (Å²) in [5, 5.41) is 2.43. The molecule has 1 N–H and O–H groups in total. The second kappa shape index (κ2) is 8.87. The van der Waals surface area contributed by atoms with Gasteiger partial charge < -0.3 is 19.4 Å². The Morgan fingerprint density at radius 3 is 2.74 bits per heavy atom. The van der Waals surface area contributed by atoms with Gasteiger partial charge in [-0.25, -0.2) is 4.39 Å². The molecule has 2 heterocycles. The van der Waals surface area contributed by atoms with E-state index in [0.717, 1.165) is 38.2 Å². The van der Waals surface area contributed by atoms with Gasteiger partial charge in [-0.15, -0.1) is 0 Å². The molecular formula is C25H27F4N3O3. The summed E-state index contributed by atoms with van der Waals surface area (Å²) in [7, 11) is 0. The molecule has 1 unspecified atom stereocenters. The van der Waals surface area contributed by atoms with E-state index in [4.69, 9.17) is 9.15 Å². The molecule has 2 fully saturated rings. The molecule has 5 rings (SSSR count). The summed E-state index contributed by atoms with van der Waals surface area (Å²) in [4.78, 5) is 18.7. The number of ether oxygens (including phenoxy) is 1. The fourth-order valence-electron chi connectivity index (χ4n) is 4.68. The van der Waals surface area contributed by atoms with Crippen molar-refractivity contribution in [3.63, 3.8) is 0 Å². The second-order valence-corrected chi connectivity index (χ2v) is 9.67. The molecule has 1 aliphatic heterocycles. The van der Waals surface area contributed by atoms with Gasteiger partial charge >= 0.3 is 6.18 Å². The average molecular weight is 494 g/mol. The van der Waals surface area contributed by atoms with Crippen molar-refractivity contribution in [3.05, 3.63) is 47.1 Å². The summed E-state index contributed by atoms with van der Waals surface area (Å²) in [6, 6.07) is 3.91. The molecule has 1 atom stereocenters. The number of carbonyl (C=O) groups is 1. The SMILES string of the molecule is CCC1=CC1CCOc1ccc(NC(=O)c2nc(N3CCC4(CC4)C3)oc2CC(F)(F)F)cc1F. The predicted octanol–water partition coefficient (Wildman–Crippen LogP) is 5.90. The van der Waals surface area contributed by atoms with Crippen molar-refractivity contribution >= 4 is 17.6 Å². The van der Waals surface area contributed by atoms with E-state index >= 15 is 0 Å². The summed E-state index contributed by atoms with van der Waals surface area (Å²) in [6.45, 7) is 3.72. The van der Waals surface area contributed by atoms with E-state index < -0.39 is 35.8 Å². The van der Waals surface area contributed by atoms with Crippen LogP contribution in [0.1, 0.15) is 55.3 Å². The van der Waals surface area contributed by atoms with Gasteiger partial charge in [0.15, 0.2) is 17.3 Å². The predicted molar refractivity (Wildman–Crippen MR) is 121 cm³/mol. The molecule has 0 radical (unpaired) electrons. The number of hydrogen-bond donors (Lipinski definition) is 1. The fraction of sp³-hybridized carbons (Fsp3) is 0.520. The van der Waals surface area contributed by atoms with Crippen molar-refractivity contribution in [2.75, 3.05) is 29.9 Å². The molecule has 1 amide bonds. The maximum Gasteiger partial charge on any atom is 0.396 e. The Kier molecular flexibility index (Phi) is 6.01. The molecule has 6 nitrogen and oxygen atoms in total. The highest BCUT2D eigenvalue weighted by atomic mass is 19.4. The lowest BCUT2D eigenvalue weighted by atomic mass is 10.1. The molecule has 1 spiro atoms. The zero-order valence-electron chi connectivity index (χ0n) is 19.4. The van der Waals surface area contributed by atoms with Crippen molar-refractivity contribution in [2.24, 2.45) is 11.3 Å². The quantitative estimate of drug-likeness (QED) is 0.348. The van der Waals surface area contributed by atoms with Gasteiger partial charge in [0, 0.05) is 30.8 Å². The van der Waals surface area contributed by atoms with Crippen LogP contribution in [0.25, 0.3) is 0 Å². The van der Waals surface area contributed by atoms with Crippen molar-refractivity contribution < 1.29 is 31.5 Å². The molecule has 35 heavy (non-hydrogen) atoms. The largest absolute Gasteiger partial charge is 0.490 e. The highest BCUT2D eigenvalue weighted by Crippen LogP contribution is 2.53. The first-order valence-electron chi connectivity index (χ1n) is 11.9. The summed E-state index contributed by atoms with van der Waals surface area (Å²) in [5.41, 5.74) is 1.22. The molecule has 188 valence electrons. The lowest BCUT2D eigenvalue weighted by Crippen LogP contribution is -2.21. The van der Waals surface area contributed by atoms with Crippen molar-refractivity contribution in [1.29, 1.82) is 0 Å². The van der Waals surface area contributed by atoms with Crippen LogP contribution in [0.4, 0.5) is 29.3 Å². The van der Waals surface area contributed by atoms with Gasteiger partial charge in [-0.05, 0) is 49.7 Å². The zero-order chi connectivity index (χ0) is 24.8. The van der Waals surface area contributed by atoms with Gasteiger partial charge in [0.1, 0.15) is 12.2 Å². The molecule has 2 aromatic rings. The number of nitrogens with zero attached hydrogens (tertiary/aromatic N) is 2. The molecule has 1 aromatic heterocycles. The van der Waals surface area contributed by atoms with Gasteiger partial charge in [0.2, 0.25) is 0 Å². The number of alkyl halides is 3. The second-order valence-electron chi connectivity index (χ2n) is 9.67. The van der Waals surface area contributed by atoms with Crippen LogP contribution in [0.2, 0.25) is 0 Å². The van der Waals surface area contributed by atoms with E-state index in [1.54, 1.807) is 4.90 Å². The first kappa shape index (κ1) is 23.7. The van der Waals surface area contributed by atoms with Gasteiger partial charge in [0.25, 0.3) is 11.9 Å². The molecule has 1 saturated carbocycles. The van der Waals surface area contributed by atoms with Crippen molar-refractivity contribution in [3.8, 4) is 5.75 Å². The van der Waals surface area contributed by atoms with Crippen molar-refractivity contribution in [2.45, 2.75) is 51.6 Å². The minimum absolute atomic E-state index is 0.0180. The number of hydrogen-bond acceptors (Lipinski definition) is 5. The smallest absolute Gasteiger partial charge is 0.396 e. The van der Waals surface area contributed by atoms with E-state index in [9.17, 15) is 22.4 Å². The lowest BCUT2D eigenvalue weighted by molar-refractivity contribution is -0.130. The maximum absolute atomic E-state index is 14.5. The van der Waals surface area contributed by atoms with Gasteiger partial charge in [-0.2, -0.15) is 18.2 Å². The Bertz CT molecular complexity index is 1150. The Morgan fingerprint density at radius 1 is 1.31 bits per heavy atom. The van der Waals surface area contributed by atoms with Crippen LogP contribution >= 0.6 is 0 Å². The number of oxazole rings is 1. The number of rotatable bonds is 9. The van der Waals surface area contributed by atoms with Gasteiger partial charge in [-0.3, -0.25) is 4.79 Å². The molecule has 2 aliphatic carbocycles. The van der Waals surface area contributed by atoms with Crippen LogP contribution in [0.5, 0.6) is 5.75 Å². The Labute approximate surface area is 200 Å². The van der Waals surface area contributed by atoms with Crippen LogP contribution in [0, 0.1) is 17.2 Å². The van der Waals surface area contributed by atoms with Gasteiger partial charge in [0.05, 0.1) is 6.61 Å². The average Bonchev–Trinajstić information content (AvgIpc) is 3.63. The molecule has 1 saturated heterocycles. The summed E-state index contributed by atoms with van der Waals surface area (Å²) >= 11 is 0. The number of anilines is 2. The summed E-state index contributed by atoms with van der Waals surface area (Å²) in [5.74, 6) is -1.64. The highest BCUT2D eigenvalue weighted by molar-refractivity contribution is 6.03. The van der Waals surface area contributed by atoms with E-state index in [1.165, 1.54) is 17.7 Å². The topological polar surface area (TPSA) is 67.6 Å². The zero-order valence-corrected chi connectivity index (χ0v) is 19.4. The molecular weight excluding hydrogens is 466 g/mol. The first-order valence-corrected chi connectivity index (χ1v) is 11.9. The van der Waals surface area contributed by atoms with E-state index in [2.05, 4.69) is 23.3 Å². The van der Waals surface area contributed by atoms with E-state index in [-0.39, 0.29) is 22.9 Å². The van der Waals surface area contributed by atoms with Crippen LogP contribution in [0.15, 0.2) is 34.3 Å².